The lowest BCUT2D eigenvalue weighted by Gasteiger charge is -2.20. The average molecular weight is 194 g/mol. The fraction of sp³-hybridized carbons (Fsp3) is 0.727. The van der Waals surface area contributed by atoms with Gasteiger partial charge in [0.1, 0.15) is 0 Å². The minimum atomic E-state index is -0.260. The number of hydrogen-bond acceptors (Lipinski definition) is 2. The number of nitrogens with two attached hydrogens (primary N) is 1. The SMILES string of the molecule is C[C@H](NCC1CC2C=CC1C2)C(N)=O. The molecule has 0 aromatic heterocycles. The fourth-order valence-electron chi connectivity index (χ4n) is 2.56. The number of carbonyl (C=O) groups is 1. The number of nitrogens with one attached hydrogen (secondary N) is 1. The van der Waals surface area contributed by atoms with Crippen molar-refractivity contribution in [1.29, 1.82) is 0 Å². The van der Waals surface area contributed by atoms with E-state index in [0.717, 1.165) is 18.4 Å². The molecule has 0 saturated heterocycles. The van der Waals surface area contributed by atoms with Crippen LogP contribution in [0.1, 0.15) is 19.8 Å². The third-order valence-electron chi connectivity index (χ3n) is 3.53. The summed E-state index contributed by atoms with van der Waals surface area (Å²) in [6, 6.07) is -0.196. The molecule has 14 heavy (non-hydrogen) atoms. The van der Waals surface area contributed by atoms with E-state index in [1.165, 1.54) is 12.8 Å². The van der Waals surface area contributed by atoms with Crippen LogP contribution in [0.2, 0.25) is 0 Å². The van der Waals surface area contributed by atoms with Crippen LogP contribution in [0.25, 0.3) is 0 Å². The first kappa shape index (κ1) is 9.71. The summed E-state index contributed by atoms with van der Waals surface area (Å²) in [7, 11) is 0. The Labute approximate surface area is 84.7 Å². The molecule has 3 N–H and O–H groups in total. The van der Waals surface area contributed by atoms with E-state index in [-0.39, 0.29) is 11.9 Å². The van der Waals surface area contributed by atoms with E-state index in [1.54, 1.807) is 0 Å². The molecule has 0 spiro atoms. The van der Waals surface area contributed by atoms with Gasteiger partial charge in [0.05, 0.1) is 6.04 Å². The van der Waals surface area contributed by atoms with Gasteiger partial charge < -0.3 is 11.1 Å². The van der Waals surface area contributed by atoms with Crippen molar-refractivity contribution in [3.63, 3.8) is 0 Å². The Hall–Kier alpha value is -0.830. The Morgan fingerprint density at radius 3 is 2.86 bits per heavy atom. The van der Waals surface area contributed by atoms with E-state index in [1.807, 2.05) is 6.92 Å². The van der Waals surface area contributed by atoms with Gasteiger partial charge >= 0.3 is 0 Å². The van der Waals surface area contributed by atoms with Crippen LogP contribution in [0.15, 0.2) is 12.2 Å². The van der Waals surface area contributed by atoms with Gasteiger partial charge in [-0.15, -0.1) is 0 Å². The minimum Gasteiger partial charge on any atom is -0.368 e. The highest BCUT2D eigenvalue weighted by molar-refractivity contribution is 5.79. The number of primary amides is 1. The van der Waals surface area contributed by atoms with Crippen molar-refractivity contribution < 1.29 is 4.79 Å². The highest BCUT2D eigenvalue weighted by Crippen LogP contribution is 2.42. The summed E-state index contributed by atoms with van der Waals surface area (Å²) in [5.74, 6) is 2.00. The quantitative estimate of drug-likeness (QED) is 0.646. The summed E-state index contributed by atoms with van der Waals surface area (Å²) >= 11 is 0. The lowest BCUT2D eigenvalue weighted by molar-refractivity contribution is -0.119. The Balaban J connectivity index is 1.77. The summed E-state index contributed by atoms with van der Waals surface area (Å²) in [6.07, 6.45) is 7.26. The van der Waals surface area contributed by atoms with Gasteiger partial charge in [0.15, 0.2) is 0 Å². The maximum Gasteiger partial charge on any atom is 0.234 e. The molecule has 0 aliphatic heterocycles. The maximum absolute atomic E-state index is 10.8. The van der Waals surface area contributed by atoms with E-state index in [2.05, 4.69) is 17.5 Å². The lowest BCUT2D eigenvalue weighted by atomic mass is 9.93. The van der Waals surface area contributed by atoms with Crippen molar-refractivity contribution >= 4 is 5.91 Å². The van der Waals surface area contributed by atoms with Crippen molar-refractivity contribution in [3.05, 3.63) is 12.2 Å². The largest absolute Gasteiger partial charge is 0.368 e. The molecule has 2 bridgehead atoms. The smallest absolute Gasteiger partial charge is 0.234 e. The highest BCUT2D eigenvalue weighted by Gasteiger charge is 2.35. The van der Waals surface area contributed by atoms with Gasteiger partial charge in [-0.1, -0.05) is 12.2 Å². The summed E-state index contributed by atoms with van der Waals surface area (Å²) in [5, 5.41) is 3.20. The van der Waals surface area contributed by atoms with Crippen LogP contribution in [0.4, 0.5) is 0 Å². The van der Waals surface area contributed by atoms with Crippen molar-refractivity contribution in [1.82, 2.24) is 5.32 Å². The second-order valence-electron chi connectivity index (χ2n) is 4.57. The first-order valence-electron chi connectivity index (χ1n) is 5.38. The van der Waals surface area contributed by atoms with Crippen LogP contribution in [0, 0.1) is 17.8 Å². The third kappa shape index (κ3) is 1.82. The summed E-state index contributed by atoms with van der Waals surface area (Å²) in [5.41, 5.74) is 5.18. The number of hydrogen-bond donors (Lipinski definition) is 2. The van der Waals surface area contributed by atoms with Gasteiger partial charge in [-0.25, -0.2) is 0 Å². The van der Waals surface area contributed by atoms with Crippen LogP contribution >= 0.6 is 0 Å². The molecule has 2 aliphatic rings. The Morgan fingerprint density at radius 1 is 1.57 bits per heavy atom. The zero-order valence-electron chi connectivity index (χ0n) is 8.57. The zero-order chi connectivity index (χ0) is 10.1. The van der Waals surface area contributed by atoms with Gasteiger partial charge in [-0.05, 0) is 44.1 Å². The predicted octanol–water partition coefficient (Wildman–Crippen LogP) is 0.662. The van der Waals surface area contributed by atoms with Gasteiger partial charge in [0.2, 0.25) is 5.91 Å². The maximum atomic E-state index is 10.8. The van der Waals surface area contributed by atoms with Gasteiger partial charge in [0, 0.05) is 0 Å². The van der Waals surface area contributed by atoms with Gasteiger partial charge in [0.25, 0.3) is 0 Å². The number of amides is 1. The van der Waals surface area contributed by atoms with Crippen LogP contribution in [-0.2, 0) is 4.79 Å². The Kier molecular flexibility index (Phi) is 2.59. The Morgan fingerprint density at radius 2 is 2.36 bits per heavy atom. The Bertz CT molecular complexity index is 262. The van der Waals surface area contributed by atoms with E-state index >= 15 is 0 Å². The van der Waals surface area contributed by atoms with Crippen molar-refractivity contribution in [2.45, 2.75) is 25.8 Å². The molecule has 4 atom stereocenters. The van der Waals surface area contributed by atoms with E-state index in [0.29, 0.717) is 5.92 Å². The highest BCUT2D eigenvalue weighted by atomic mass is 16.1. The molecule has 0 heterocycles. The monoisotopic (exact) mass is 194 g/mol. The normalized spacial score (nSPS) is 36.2. The molecule has 3 unspecified atom stereocenters. The third-order valence-corrected chi connectivity index (χ3v) is 3.53. The standard InChI is InChI=1S/C11H18N2O/c1-7(11(12)14)13-6-10-5-8-2-3-9(10)4-8/h2-3,7-10,13H,4-6H2,1H3,(H2,12,14)/t7-,8?,9?,10?/m0/s1. The second-order valence-corrected chi connectivity index (χ2v) is 4.57. The molecule has 0 radical (unpaired) electrons. The van der Waals surface area contributed by atoms with E-state index in [9.17, 15) is 4.79 Å². The molecular formula is C11H18N2O. The van der Waals surface area contributed by atoms with Crippen molar-refractivity contribution in [3.8, 4) is 0 Å². The first-order valence-corrected chi connectivity index (χ1v) is 5.38. The fourth-order valence-corrected chi connectivity index (χ4v) is 2.56. The number of carbonyl (C=O) groups excluding carboxylic acids is 1. The van der Waals surface area contributed by atoms with Gasteiger partial charge in [-0.2, -0.15) is 0 Å². The van der Waals surface area contributed by atoms with Crippen molar-refractivity contribution in [2.75, 3.05) is 6.54 Å². The molecule has 78 valence electrons. The average Bonchev–Trinajstić information content (AvgIpc) is 2.74. The molecule has 3 heteroatoms. The molecule has 2 rings (SSSR count). The molecule has 1 saturated carbocycles. The minimum absolute atomic E-state index is 0.196. The summed E-state index contributed by atoms with van der Waals surface area (Å²) in [6.45, 7) is 2.75. The first-order chi connectivity index (χ1) is 6.66. The number of rotatable bonds is 4. The summed E-state index contributed by atoms with van der Waals surface area (Å²) < 4.78 is 0. The molecule has 2 aliphatic carbocycles. The molecule has 3 nitrogen and oxygen atoms in total. The topological polar surface area (TPSA) is 55.1 Å². The van der Waals surface area contributed by atoms with Crippen LogP contribution < -0.4 is 11.1 Å². The van der Waals surface area contributed by atoms with E-state index < -0.39 is 0 Å². The van der Waals surface area contributed by atoms with Crippen molar-refractivity contribution in [2.24, 2.45) is 23.5 Å². The predicted molar refractivity (Wildman–Crippen MR) is 55.5 cm³/mol. The number of fused-ring (bicyclic) bond motifs is 2. The molecule has 0 aromatic carbocycles. The molecule has 1 amide bonds. The second kappa shape index (κ2) is 3.73. The van der Waals surface area contributed by atoms with Crippen LogP contribution in [0.5, 0.6) is 0 Å². The molecule has 1 fully saturated rings. The van der Waals surface area contributed by atoms with E-state index in [4.69, 9.17) is 5.73 Å². The molecule has 0 aromatic rings. The van der Waals surface area contributed by atoms with Crippen LogP contribution in [-0.4, -0.2) is 18.5 Å². The van der Waals surface area contributed by atoms with Gasteiger partial charge in [-0.3, -0.25) is 4.79 Å². The van der Waals surface area contributed by atoms with Crippen LogP contribution in [0.3, 0.4) is 0 Å². The lowest BCUT2D eigenvalue weighted by Crippen LogP contribution is -2.41. The number of allylic oxidation sites excluding steroid dienone is 2. The summed E-state index contributed by atoms with van der Waals surface area (Å²) in [4.78, 5) is 10.8. The zero-order valence-corrected chi connectivity index (χ0v) is 8.57. The molecular weight excluding hydrogens is 176 g/mol.